The molecule has 0 atom stereocenters. The number of rotatable bonds is 4. The minimum atomic E-state index is -2.55. The molecule has 0 saturated carbocycles. The van der Waals surface area contributed by atoms with Gasteiger partial charge in [0.2, 0.25) is 0 Å². The van der Waals surface area contributed by atoms with Crippen LogP contribution in [0.1, 0.15) is 17.6 Å². The number of halogens is 4. The van der Waals surface area contributed by atoms with Crippen LogP contribution in [0.15, 0.2) is 22.7 Å². The lowest BCUT2D eigenvalue weighted by molar-refractivity contribution is -0.115. The summed E-state index contributed by atoms with van der Waals surface area (Å²) in [6.07, 6.45) is -2.52. The summed E-state index contributed by atoms with van der Waals surface area (Å²) < 4.78 is 25.8. The van der Waals surface area contributed by atoms with Crippen LogP contribution in [0.4, 0.5) is 8.78 Å². The number of Topliss-reactive ketones (excluding diaryl/α,β-unsaturated/α-hetero) is 1. The standard InChI is InChI=1S/C10H8Br2F2O/c11-5-8(15)3-6-1-2-7(12)4-9(6)10(13)14/h1-2,4,10H,3,5H2. The molecule has 0 aliphatic rings. The Morgan fingerprint density at radius 3 is 2.60 bits per heavy atom. The first-order valence-corrected chi connectivity index (χ1v) is 6.10. The molecule has 0 spiro atoms. The zero-order valence-corrected chi connectivity index (χ0v) is 10.8. The summed E-state index contributed by atoms with van der Waals surface area (Å²) in [4.78, 5) is 11.1. The number of hydrogen-bond donors (Lipinski definition) is 0. The summed E-state index contributed by atoms with van der Waals surface area (Å²) in [5.41, 5.74) is 0.302. The average molecular weight is 342 g/mol. The molecule has 5 heteroatoms. The van der Waals surface area contributed by atoms with Crippen LogP contribution < -0.4 is 0 Å². The zero-order chi connectivity index (χ0) is 11.4. The molecule has 0 N–H and O–H groups in total. The van der Waals surface area contributed by atoms with E-state index in [1.54, 1.807) is 12.1 Å². The van der Waals surface area contributed by atoms with E-state index in [1.165, 1.54) is 6.07 Å². The fourth-order valence-corrected chi connectivity index (χ4v) is 1.77. The highest BCUT2D eigenvalue weighted by atomic mass is 79.9. The van der Waals surface area contributed by atoms with Crippen LogP contribution in [0.25, 0.3) is 0 Å². The molecule has 0 aliphatic heterocycles. The smallest absolute Gasteiger partial charge is 0.264 e. The fraction of sp³-hybridized carbons (Fsp3) is 0.300. The van der Waals surface area contributed by atoms with Crippen LogP contribution in [0.2, 0.25) is 0 Å². The van der Waals surface area contributed by atoms with Crippen molar-refractivity contribution in [2.24, 2.45) is 0 Å². The maximum Gasteiger partial charge on any atom is 0.264 e. The van der Waals surface area contributed by atoms with Gasteiger partial charge in [-0.2, -0.15) is 0 Å². The van der Waals surface area contributed by atoms with Gasteiger partial charge in [0.05, 0.1) is 5.33 Å². The first-order valence-electron chi connectivity index (χ1n) is 4.18. The van der Waals surface area contributed by atoms with Gasteiger partial charge in [0.15, 0.2) is 0 Å². The molecule has 1 aromatic carbocycles. The van der Waals surface area contributed by atoms with Gasteiger partial charge in [-0.05, 0) is 17.7 Å². The van der Waals surface area contributed by atoms with Gasteiger partial charge in [0.25, 0.3) is 6.43 Å². The molecule has 15 heavy (non-hydrogen) atoms. The van der Waals surface area contributed by atoms with E-state index < -0.39 is 6.43 Å². The van der Waals surface area contributed by atoms with Gasteiger partial charge in [-0.15, -0.1) is 0 Å². The van der Waals surface area contributed by atoms with Crippen molar-refractivity contribution >= 4 is 37.6 Å². The first kappa shape index (κ1) is 12.8. The van der Waals surface area contributed by atoms with Crippen molar-refractivity contribution in [1.82, 2.24) is 0 Å². The van der Waals surface area contributed by atoms with Crippen molar-refractivity contribution in [3.8, 4) is 0 Å². The molecule has 1 aromatic rings. The summed E-state index contributed by atoms with van der Waals surface area (Å²) in [6.45, 7) is 0. The van der Waals surface area contributed by atoms with Crippen molar-refractivity contribution < 1.29 is 13.6 Å². The van der Waals surface area contributed by atoms with Gasteiger partial charge < -0.3 is 0 Å². The molecule has 0 amide bonds. The Balaban J connectivity index is 3.00. The highest BCUT2D eigenvalue weighted by molar-refractivity contribution is 9.10. The normalized spacial score (nSPS) is 10.7. The molecule has 82 valence electrons. The Hall–Kier alpha value is -0.290. The molecule has 1 rings (SSSR count). The summed E-state index contributed by atoms with van der Waals surface area (Å²) in [7, 11) is 0. The van der Waals surface area contributed by atoms with Crippen LogP contribution in [-0.4, -0.2) is 11.1 Å². The van der Waals surface area contributed by atoms with Gasteiger partial charge >= 0.3 is 0 Å². The second-order valence-corrected chi connectivity index (χ2v) is 4.47. The lowest BCUT2D eigenvalue weighted by Crippen LogP contribution is -2.06. The SMILES string of the molecule is O=C(CBr)Cc1ccc(Br)cc1C(F)F. The number of benzene rings is 1. The lowest BCUT2D eigenvalue weighted by atomic mass is 10.0. The summed E-state index contributed by atoms with van der Waals surface area (Å²) >= 11 is 6.12. The summed E-state index contributed by atoms with van der Waals surface area (Å²) in [6, 6.07) is 4.55. The van der Waals surface area contributed by atoms with Crippen molar-refractivity contribution in [3.63, 3.8) is 0 Å². The van der Waals surface area contributed by atoms with Gasteiger partial charge in [-0.3, -0.25) is 4.79 Å². The number of carbonyl (C=O) groups is 1. The quantitative estimate of drug-likeness (QED) is 0.759. The molecule has 0 aliphatic carbocycles. The number of alkyl halides is 3. The van der Waals surface area contributed by atoms with E-state index in [4.69, 9.17) is 0 Å². The van der Waals surface area contributed by atoms with Crippen molar-refractivity contribution in [3.05, 3.63) is 33.8 Å². The van der Waals surface area contributed by atoms with Crippen LogP contribution in [0.3, 0.4) is 0 Å². The molecule has 0 radical (unpaired) electrons. The molecule has 1 nitrogen and oxygen atoms in total. The highest BCUT2D eigenvalue weighted by Crippen LogP contribution is 2.26. The Morgan fingerprint density at radius 1 is 1.40 bits per heavy atom. The monoisotopic (exact) mass is 340 g/mol. The second-order valence-electron chi connectivity index (χ2n) is 2.99. The first-order chi connectivity index (χ1) is 7.04. The number of hydrogen-bond acceptors (Lipinski definition) is 1. The molecular weight excluding hydrogens is 334 g/mol. The fourth-order valence-electron chi connectivity index (χ4n) is 1.19. The molecule has 0 fully saturated rings. The predicted octanol–water partition coefficient (Wildman–Crippen LogP) is 3.89. The predicted molar refractivity (Wildman–Crippen MR) is 61.6 cm³/mol. The average Bonchev–Trinajstić information content (AvgIpc) is 2.20. The Kier molecular flexibility index (Phi) is 4.86. The molecule has 0 aromatic heterocycles. The van der Waals surface area contributed by atoms with E-state index in [0.717, 1.165) is 0 Å². The third-order valence-electron chi connectivity index (χ3n) is 1.88. The van der Waals surface area contributed by atoms with E-state index in [9.17, 15) is 13.6 Å². The van der Waals surface area contributed by atoms with E-state index in [0.29, 0.717) is 10.0 Å². The van der Waals surface area contributed by atoms with Crippen LogP contribution >= 0.6 is 31.9 Å². The zero-order valence-electron chi connectivity index (χ0n) is 7.64. The third kappa shape index (κ3) is 3.65. The minimum absolute atomic E-state index is 0.0399. The van der Waals surface area contributed by atoms with Crippen molar-refractivity contribution in [2.45, 2.75) is 12.8 Å². The third-order valence-corrected chi connectivity index (χ3v) is 3.00. The van der Waals surface area contributed by atoms with Crippen LogP contribution in [0.5, 0.6) is 0 Å². The maximum absolute atomic E-state index is 12.6. The van der Waals surface area contributed by atoms with Crippen LogP contribution in [0, 0.1) is 0 Å². The van der Waals surface area contributed by atoms with Gasteiger partial charge in [-0.25, -0.2) is 8.78 Å². The Bertz CT molecular complexity index is 366. The molecule has 0 saturated heterocycles. The van der Waals surface area contributed by atoms with Crippen molar-refractivity contribution in [2.75, 3.05) is 5.33 Å². The van der Waals surface area contributed by atoms with Gasteiger partial charge in [-0.1, -0.05) is 37.9 Å². The minimum Gasteiger partial charge on any atom is -0.298 e. The lowest BCUT2D eigenvalue weighted by Gasteiger charge is -2.08. The largest absolute Gasteiger partial charge is 0.298 e. The Labute approximate surface area is 103 Å². The molecule has 0 unspecified atom stereocenters. The van der Waals surface area contributed by atoms with E-state index in [1.807, 2.05) is 0 Å². The summed E-state index contributed by atoms with van der Waals surface area (Å²) in [5, 5.41) is 0.186. The van der Waals surface area contributed by atoms with Gasteiger partial charge in [0.1, 0.15) is 5.78 Å². The summed E-state index contributed by atoms with van der Waals surface area (Å²) in [5.74, 6) is -0.112. The van der Waals surface area contributed by atoms with Crippen molar-refractivity contribution in [1.29, 1.82) is 0 Å². The van der Waals surface area contributed by atoms with E-state index in [-0.39, 0.29) is 23.1 Å². The molecular formula is C10H8Br2F2O. The van der Waals surface area contributed by atoms with Gasteiger partial charge in [0, 0.05) is 16.5 Å². The maximum atomic E-state index is 12.6. The van der Waals surface area contributed by atoms with E-state index >= 15 is 0 Å². The molecule has 0 heterocycles. The Morgan fingerprint density at radius 2 is 2.07 bits per heavy atom. The van der Waals surface area contributed by atoms with Crippen LogP contribution in [-0.2, 0) is 11.2 Å². The second kappa shape index (κ2) is 5.70. The number of ketones is 1. The topological polar surface area (TPSA) is 17.1 Å². The number of carbonyl (C=O) groups excluding carboxylic acids is 1. The highest BCUT2D eigenvalue weighted by Gasteiger charge is 2.15. The molecule has 0 bridgehead atoms. The van der Waals surface area contributed by atoms with E-state index in [2.05, 4.69) is 31.9 Å².